The van der Waals surface area contributed by atoms with Crippen LogP contribution in [0.1, 0.15) is 36.6 Å². The van der Waals surface area contributed by atoms with Crippen molar-refractivity contribution < 1.29 is 18.7 Å². The van der Waals surface area contributed by atoms with Gasteiger partial charge in [0.05, 0.1) is 34.6 Å². The van der Waals surface area contributed by atoms with Crippen LogP contribution in [0.5, 0.6) is 11.6 Å². The van der Waals surface area contributed by atoms with Crippen LogP contribution in [0.2, 0.25) is 5.28 Å². The second kappa shape index (κ2) is 11.5. The van der Waals surface area contributed by atoms with Gasteiger partial charge in [-0.05, 0) is 60.9 Å². The molecule has 43 heavy (non-hydrogen) atoms. The predicted molar refractivity (Wildman–Crippen MR) is 163 cm³/mol. The molecule has 0 saturated carbocycles. The fourth-order valence-corrected chi connectivity index (χ4v) is 6.16. The van der Waals surface area contributed by atoms with E-state index in [-0.39, 0.29) is 29.1 Å². The highest BCUT2D eigenvalue weighted by Gasteiger charge is 2.33. The number of esters is 1. The van der Waals surface area contributed by atoms with Crippen molar-refractivity contribution in [3.63, 3.8) is 0 Å². The zero-order valence-corrected chi connectivity index (χ0v) is 24.9. The standard InChI is InChI=1S/C32H24ClFN4O4S/c1-4-41-30(40)26-18(3)36-32-38(27(26)20-11-9-17(2)10-12-20)29(39)25(43-32)15-22-21-8-6-5-7-19(21)13-14-24(22)42-28-23(34)16-35-31(33)37-28/h5-16,27H,4H2,1-3H3/b25-15-/t27-/m1/s1. The van der Waals surface area contributed by atoms with Crippen LogP contribution < -0.4 is 19.6 Å². The molecule has 0 N–H and O–H groups in total. The monoisotopic (exact) mass is 614 g/mol. The second-order valence-corrected chi connectivity index (χ2v) is 11.2. The summed E-state index contributed by atoms with van der Waals surface area (Å²) in [5.41, 5.74) is 2.75. The molecule has 1 atom stereocenters. The molecule has 6 rings (SSSR count). The van der Waals surface area contributed by atoms with Gasteiger partial charge in [-0.15, -0.1) is 0 Å². The Morgan fingerprint density at radius 2 is 1.88 bits per heavy atom. The van der Waals surface area contributed by atoms with Gasteiger partial charge in [0.1, 0.15) is 5.75 Å². The van der Waals surface area contributed by atoms with Gasteiger partial charge in [-0.25, -0.2) is 14.8 Å². The van der Waals surface area contributed by atoms with Crippen LogP contribution >= 0.6 is 22.9 Å². The van der Waals surface area contributed by atoms with Crippen LogP contribution in [0.4, 0.5) is 4.39 Å². The number of ether oxygens (including phenoxy) is 2. The predicted octanol–water partition coefficient (Wildman–Crippen LogP) is 5.63. The van der Waals surface area contributed by atoms with Gasteiger partial charge >= 0.3 is 5.97 Å². The largest absolute Gasteiger partial charge is 0.463 e. The van der Waals surface area contributed by atoms with Crippen LogP contribution in [-0.2, 0) is 9.53 Å². The topological polar surface area (TPSA) is 95.7 Å². The molecule has 3 heterocycles. The number of hydrogen-bond donors (Lipinski definition) is 0. The molecular formula is C32H24ClFN4O4S. The van der Waals surface area contributed by atoms with Gasteiger partial charge in [-0.1, -0.05) is 71.5 Å². The first-order chi connectivity index (χ1) is 20.7. The summed E-state index contributed by atoms with van der Waals surface area (Å²) in [5.74, 6) is -1.40. The van der Waals surface area contributed by atoms with E-state index in [0.717, 1.165) is 28.1 Å². The van der Waals surface area contributed by atoms with E-state index >= 15 is 0 Å². The summed E-state index contributed by atoms with van der Waals surface area (Å²) >= 11 is 7.08. The first-order valence-electron chi connectivity index (χ1n) is 13.4. The highest BCUT2D eigenvalue weighted by Crippen LogP contribution is 2.34. The molecule has 0 radical (unpaired) electrons. The van der Waals surface area contributed by atoms with Crippen molar-refractivity contribution in [3.05, 3.63) is 126 Å². The Morgan fingerprint density at radius 1 is 1.12 bits per heavy atom. The molecule has 0 saturated heterocycles. The lowest BCUT2D eigenvalue weighted by Gasteiger charge is -2.24. The maximum absolute atomic E-state index is 14.5. The first-order valence-corrected chi connectivity index (χ1v) is 14.6. The summed E-state index contributed by atoms with van der Waals surface area (Å²) in [5, 5.41) is 1.48. The Kier molecular flexibility index (Phi) is 7.64. The van der Waals surface area contributed by atoms with E-state index in [9.17, 15) is 14.0 Å². The van der Waals surface area contributed by atoms with Crippen molar-refractivity contribution in [2.45, 2.75) is 26.8 Å². The minimum absolute atomic E-state index is 0.170. The number of fused-ring (bicyclic) bond motifs is 2. The van der Waals surface area contributed by atoms with E-state index in [1.165, 1.54) is 15.9 Å². The molecule has 0 unspecified atom stereocenters. The van der Waals surface area contributed by atoms with Crippen molar-refractivity contribution in [1.82, 2.24) is 14.5 Å². The van der Waals surface area contributed by atoms with Crippen LogP contribution in [0.3, 0.4) is 0 Å². The number of hydrogen-bond acceptors (Lipinski definition) is 8. The highest BCUT2D eigenvalue weighted by molar-refractivity contribution is 7.07. The summed E-state index contributed by atoms with van der Waals surface area (Å²) in [4.78, 5) is 39.9. The van der Waals surface area contributed by atoms with Gasteiger partial charge in [0.15, 0.2) is 4.80 Å². The zero-order valence-electron chi connectivity index (χ0n) is 23.3. The van der Waals surface area contributed by atoms with Gasteiger partial charge in [-0.3, -0.25) is 9.36 Å². The van der Waals surface area contributed by atoms with Gasteiger partial charge < -0.3 is 9.47 Å². The van der Waals surface area contributed by atoms with E-state index in [0.29, 0.717) is 26.2 Å². The van der Waals surface area contributed by atoms with Crippen molar-refractivity contribution in [2.75, 3.05) is 6.61 Å². The molecule has 1 aliphatic rings. The number of benzene rings is 3. The summed E-state index contributed by atoms with van der Waals surface area (Å²) in [6.45, 7) is 5.62. The molecule has 11 heteroatoms. The number of carbonyl (C=O) groups is 1. The smallest absolute Gasteiger partial charge is 0.338 e. The molecule has 5 aromatic rings. The average molecular weight is 615 g/mol. The molecule has 0 aliphatic carbocycles. The fraction of sp³-hybridized carbons (Fsp3) is 0.156. The molecule has 1 aliphatic heterocycles. The molecular weight excluding hydrogens is 591 g/mol. The Morgan fingerprint density at radius 3 is 2.65 bits per heavy atom. The normalized spacial score (nSPS) is 14.9. The van der Waals surface area contributed by atoms with Crippen molar-refractivity contribution in [1.29, 1.82) is 0 Å². The van der Waals surface area contributed by atoms with Gasteiger partial charge in [0, 0.05) is 5.56 Å². The fourth-order valence-electron chi connectivity index (χ4n) is 5.01. The Hall–Kier alpha value is -4.67. The number of nitrogens with zero attached hydrogens (tertiary/aromatic N) is 4. The number of aromatic nitrogens is 3. The maximum atomic E-state index is 14.5. The van der Waals surface area contributed by atoms with E-state index in [1.807, 2.05) is 61.5 Å². The highest BCUT2D eigenvalue weighted by atomic mass is 35.5. The first kappa shape index (κ1) is 28.4. The number of aryl methyl sites for hydroxylation is 1. The Labute approximate surface area is 254 Å². The van der Waals surface area contributed by atoms with Crippen LogP contribution in [-0.4, -0.2) is 27.1 Å². The summed E-state index contributed by atoms with van der Waals surface area (Å²) in [7, 11) is 0. The number of halogens is 2. The SMILES string of the molecule is CCOC(=O)C1=C(C)N=c2s/c(=C\c3c(Oc4nc(Cl)ncc4F)ccc4ccccc34)c(=O)n2[C@@H]1c1ccc(C)cc1. The summed E-state index contributed by atoms with van der Waals surface area (Å²) < 4.78 is 27.7. The summed E-state index contributed by atoms with van der Waals surface area (Å²) in [6, 6.07) is 18.0. The number of thiazole rings is 1. The molecule has 8 nitrogen and oxygen atoms in total. The lowest BCUT2D eigenvalue weighted by Crippen LogP contribution is -2.39. The average Bonchev–Trinajstić information content (AvgIpc) is 3.29. The van der Waals surface area contributed by atoms with E-state index in [1.54, 1.807) is 26.0 Å². The molecule has 0 amide bonds. The van der Waals surface area contributed by atoms with E-state index in [4.69, 9.17) is 21.1 Å². The molecule has 2 aromatic heterocycles. The molecule has 216 valence electrons. The maximum Gasteiger partial charge on any atom is 0.338 e. The van der Waals surface area contributed by atoms with Gasteiger partial charge in [-0.2, -0.15) is 9.37 Å². The van der Waals surface area contributed by atoms with Crippen molar-refractivity contribution >= 4 is 45.8 Å². The third kappa shape index (κ3) is 5.35. The van der Waals surface area contributed by atoms with Crippen LogP contribution in [0.15, 0.2) is 87.9 Å². The third-order valence-corrected chi connectivity index (χ3v) is 8.17. The number of allylic oxidation sites excluding steroid dienone is 1. The second-order valence-electron chi connectivity index (χ2n) is 9.81. The van der Waals surface area contributed by atoms with Crippen LogP contribution in [0, 0.1) is 12.7 Å². The molecule has 0 fully saturated rings. The quantitative estimate of drug-likeness (QED) is 0.182. The van der Waals surface area contributed by atoms with Crippen LogP contribution in [0.25, 0.3) is 16.8 Å². The lowest BCUT2D eigenvalue weighted by molar-refractivity contribution is -0.139. The number of rotatable bonds is 6. The van der Waals surface area contributed by atoms with Crippen molar-refractivity contribution in [3.8, 4) is 11.6 Å². The lowest BCUT2D eigenvalue weighted by atomic mass is 9.95. The minimum Gasteiger partial charge on any atom is -0.463 e. The summed E-state index contributed by atoms with van der Waals surface area (Å²) in [6.07, 6.45) is 2.62. The van der Waals surface area contributed by atoms with E-state index in [2.05, 4.69) is 15.0 Å². The zero-order chi connectivity index (χ0) is 30.2. The van der Waals surface area contributed by atoms with Gasteiger partial charge in [0.25, 0.3) is 11.4 Å². The Balaban J connectivity index is 1.58. The third-order valence-electron chi connectivity index (χ3n) is 7.01. The van der Waals surface area contributed by atoms with E-state index < -0.39 is 17.8 Å². The van der Waals surface area contributed by atoms with Crippen molar-refractivity contribution in [2.24, 2.45) is 4.99 Å². The number of carbonyl (C=O) groups excluding carboxylic acids is 1. The molecule has 0 bridgehead atoms. The van der Waals surface area contributed by atoms with Gasteiger partial charge in [0.2, 0.25) is 11.1 Å². The molecule has 0 spiro atoms. The Bertz CT molecular complexity index is 2120. The molecule has 3 aromatic carbocycles. The minimum atomic E-state index is -0.789.